The van der Waals surface area contributed by atoms with Crippen molar-refractivity contribution >= 4 is 21.8 Å². The highest BCUT2D eigenvalue weighted by molar-refractivity contribution is 7.89. The van der Waals surface area contributed by atoms with E-state index < -0.39 is 27.8 Å². The van der Waals surface area contributed by atoms with E-state index in [1.54, 1.807) is 4.90 Å². The minimum absolute atomic E-state index is 0.00221. The number of nitrogens with one attached hydrogen (secondary N) is 1. The molecule has 1 aliphatic heterocycles. The Balaban J connectivity index is 1.39. The van der Waals surface area contributed by atoms with Crippen LogP contribution in [0.15, 0.2) is 59.5 Å². The maximum Gasteiger partial charge on any atom is 0.416 e. The minimum Gasteiger partial charge on any atom is -0.337 e. The molecule has 2 fully saturated rings. The molecule has 12 heteroatoms. The molecule has 4 rings (SSSR count). The fourth-order valence-electron chi connectivity index (χ4n) is 5.41. The van der Waals surface area contributed by atoms with E-state index in [0.717, 1.165) is 29.8 Å². The summed E-state index contributed by atoms with van der Waals surface area (Å²) >= 11 is 0. The average Bonchev–Trinajstić information content (AvgIpc) is 2.92. The van der Waals surface area contributed by atoms with Crippen molar-refractivity contribution in [2.24, 2.45) is 5.92 Å². The average molecular weight is 581 g/mol. The smallest absolute Gasteiger partial charge is 0.337 e. The molecule has 8 nitrogen and oxygen atoms in total. The first-order chi connectivity index (χ1) is 18.8. The third-order valence-electron chi connectivity index (χ3n) is 7.54. The molecule has 1 saturated heterocycles. The van der Waals surface area contributed by atoms with Crippen molar-refractivity contribution in [1.29, 1.82) is 0 Å². The summed E-state index contributed by atoms with van der Waals surface area (Å²) in [4.78, 5) is 31.7. The summed E-state index contributed by atoms with van der Waals surface area (Å²) in [5.41, 5.74) is 0.0402. The highest BCUT2D eigenvalue weighted by atomic mass is 32.2. The molecule has 0 radical (unpaired) electrons. The second-order valence-corrected chi connectivity index (χ2v) is 12.4. The van der Waals surface area contributed by atoms with Crippen molar-refractivity contribution in [3.8, 4) is 0 Å². The number of likely N-dealkylation sites (N-methyl/N-ethyl adjacent to an activating group) is 1. The van der Waals surface area contributed by atoms with Gasteiger partial charge in [-0.15, -0.1) is 0 Å². The molecule has 0 spiro atoms. The van der Waals surface area contributed by atoms with Gasteiger partial charge in [0.25, 0.3) is 0 Å². The summed E-state index contributed by atoms with van der Waals surface area (Å²) in [5, 5.41) is 0. The van der Waals surface area contributed by atoms with Crippen LogP contribution in [-0.2, 0) is 25.8 Å². The Morgan fingerprint density at radius 1 is 0.950 bits per heavy atom. The standard InChI is InChI=1S/C28H35F3N4O4S/c1-33(2)19-26(36)34-16-17-35(25(18-34)20-6-4-3-5-7-20)27(37)21-8-12-23(13-9-21)32-40(38,39)24-14-10-22(11-15-24)28(29,30)31/h3-7,10-11,14-15,21,23,25,32H,8-9,12-13,16-19H2,1-2H3/t21?,23?,25-/m1/s1. The van der Waals surface area contributed by atoms with E-state index in [0.29, 0.717) is 51.9 Å². The Hall–Kier alpha value is -2.96. The van der Waals surface area contributed by atoms with E-state index in [-0.39, 0.29) is 28.7 Å². The van der Waals surface area contributed by atoms with E-state index in [9.17, 15) is 31.2 Å². The maximum absolute atomic E-state index is 13.7. The van der Waals surface area contributed by atoms with Crippen LogP contribution in [0.4, 0.5) is 13.2 Å². The van der Waals surface area contributed by atoms with Gasteiger partial charge in [0.2, 0.25) is 21.8 Å². The Bertz CT molecular complexity index is 1280. The van der Waals surface area contributed by atoms with E-state index in [4.69, 9.17) is 0 Å². The normalized spacial score (nSPS) is 22.4. The molecule has 2 aromatic carbocycles. The van der Waals surface area contributed by atoms with Crippen molar-refractivity contribution in [2.75, 3.05) is 40.3 Å². The third kappa shape index (κ3) is 7.21. The molecular formula is C28H35F3N4O4S. The van der Waals surface area contributed by atoms with Gasteiger partial charge in [-0.1, -0.05) is 30.3 Å². The molecule has 40 heavy (non-hydrogen) atoms. The van der Waals surface area contributed by atoms with Crippen LogP contribution in [-0.4, -0.2) is 81.2 Å². The van der Waals surface area contributed by atoms with Crippen LogP contribution in [0.1, 0.15) is 42.9 Å². The van der Waals surface area contributed by atoms with Gasteiger partial charge in [0.1, 0.15) is 0 Å². The number of nitrogens with zero attached hydrogens (tertiary/aromatic N) is 3. The van der Waals surface area contributed by atoms with Gasteiger partial charge >= 0.3 is 6.18 Å². The number of alkyl halides is 3. The first kappa shape index (κ1) is 30.0. The van der Waals surface area contributed by atoms with Crippen LogP contribution >= 0.6 is 0 Å². The number of amides is 2. The maximum atomic E-state index is 13.7. The summed E-state index contributed by atoms with van der Waals surface area (Å²) in [6.45, 7) is 1.56. The monoisotopic (exact) mass is 580 g/mol. The molecule has 2 amide bonds. The second-order valence-electron chi connectivity index (χ2n) is 10.7. The van der Waals surface area contributed by atoms with Gasteiger partial charge < -0.3 is 14.7 Å². The zero-order valence-electron chi connectivity index (χ0n) is 22.6. The van der Waals surface area contributed by atoms with Crippen LogP contribution in [0.5, 0.6) is 0 Å². The molecule has 1 saturated carbocycles. The van der Waals surface area contributed by atoms with E-state index in [1.807, 2.05) is 54.2 Å². The minimum atomic E-state index is -4.55. The van der Waals surface area contributed by atoms with E-state index in [2.05, 4.69) is 4.72 Å². The third-order valence-corrected chi connectivity index (χ3v) is 9.08. The van der Waals surface area contributed by atoms with Gasteiger partial charge in [0.15, 0.2) is 0 Å². The van der Waals surface area contributed by atoms with Gasteiger partial charge in [-0.3, -0.25) is 9.59 Å². The lowest BCUT2D eigenvalue weighted by Crippen LogP contribution is -2.55. The quantitative estimate of drug-likeness (QED) is 0.542. The zero-order valence-corrected chi connectivity index (χ0v) is 23.4. The van der Waals surface area contributed by atoms with Gasteiger partial charge in [-0.2, -0.15) is 13.2 Å². The van der Waals surface area contributed by atoms with Crippen LogP contribution in [0.25, 0.3) is 0 Å². The van der Waals surface area contributed by atoms with Crippen molar-refractivity contribution in [3.63, 3.8) is 0 Å². The van der Waals surface area contributed by atoms with E-state index >= 15 is 0 Å². The molecule has 1 atom stereocenters. The lowest BCUT2D eigenvalue weighted by atomic mass is 9.85. The number of hydrogen-bond acceptors (Lipinski definition) is 5. The number of sulfonamides is 1. The fourth-order valence-corrected chi connectivity index (χ4v) is 6.71. The summed E-state index contributed by atoms with van der Waals surface area (Å²) in [6.07, 6.45) is -2.70. The second kappa shape index (κ2) is 12.3. The molecular weight excluding hydrogens is 545 g/mol. The summed E-state index contributed by atoms with van der Waals surface area (Å²) in [6, 6.07) is 12.4. The fraction of sp³-hybridized carbons (Fsp3) is 0.500. The Kier molecular flexibility index (Phi) is 9.21. The van der Waals surface area contributed by atoms with Crippen LogP contribution in [0, 0.1) is 5.92 Å². The first-order valence-corrected chi connectivity index (χ1v) is 14.8. The lowest BCUT2D eigenvalue weighted by molar-refractivity contribution is -0.147. The predicted molar refractivity (Wildman–Crippen MR) is 144 cm³/mol. The number of carbonyl (C=O) groups is 2. The number of halogens is 3. The van der Waals surface area contributed by atoms with Gasteiger partial charge in [-0.05, 0) is 69.6 Å². The van der Waals surface area contributed by atoms with Crippen LogP contribution in [0.2, 0.25) is 0 Å². The molecule has 0 bridgehead atoms. The summed E-state index contributed by atoms with van der Waals surface area (Å²) in [5.74, 6) is -0.265. The molecule has 2 aromatic rings. The lowest BCUT2D eigenvalue weighted by Gasteiger charge is -2.44. The molecule has 0 unspecified atom stereocenters. The topological polar surface area (TPSA) is 90.0 Å². The van der Waals surface area contributed by atoms with Gasteiger partial charge in [-0.25, -0.2) is 13.1 Å². The van der Waals surface area contributed by atoms with Crippen molar-refractivity contribution in [1.82, 2.24) is 19.4 Å². The molecule has 1 aliphatic carbocycles. The number of carbonyl (C=O) groups excluding carboxylic acids is 2. The number of rotatable bonds is 7. The van der Waals surface area contributed by atoms with Crippen LogP contribution in [0.3, 0.4) is 0 Å². The SMILES string of the molecule is CN(C)CC(=O)N1CCN(C(=O)C2CCC(NS(=O)(=O)c3ccc(C(F)(F)F)cc3)CC2)[C@@H](c2ccccc2)C1. The molecule has 218 valence electrons. The highest BCUT2D eigenvalue weighted by Gasteiger charge is 2.38. The molecule has 1 heterocycles. The first-order valence-electron chi connectivity index (χ1n) is 13.3. The zero-order chi connectivity index (χ0) is 29.1. The number of piperazine rings is 1. The Labute approximate surface area is 233 Å². The van der Waals surface area contributed by atoms with Crippen molar-refractivity contribution in [3.05, 3.63) is 65.7 Å². The van der Waals surface area contributed by atoms with Crippen LogP contribution < -0.4 is 4.72 Å². The Morgan fingerprint density at radius 2 is 1.57 bits per heavy atom. The molecule has 2 aliphatic rings. The van der Waals surface area contributed by atoms with E-state index in [1.165, 1.54) is 0 Å². The predicted octanol–water partition coefficient (Wildman–Crippen LogP) is 3.52. The summed E-state index contributed by atoms with van der Waals surface area (Å²) < 4.78 is 66.6. The summed E-state index contributed by atoms with van der Waals surface area (Å²) in [7, 11) is -0.323. The van der Waals surface area contributed by atoms with Crippen molar-refractivity contribution in [2.45, 2.75) is 48.8 Å². The number of benzene rings is 2. The Morgan fingerprint density at radius 3 is 2.15 bits per heavy atom. The van der Waals surface area contributed by atoms with Gasteiger partial charge in [0, 0.05) is 31.6 Å². The number of hydrogen-bond donors (Lipinski definition) is 1. The van der Waals surface area contributed by atoms with Gasteiger partial charge in [0.05, 0.1) is 23.0 Å². The van der Waals surface area contributed by atoms with Crippen molar-refractivity contribution < 1.29 is 31.2 Å². The molecule has 1 N–H and O–H groups in total. The highest BCUT2D eigenvalue weighted by Crippen LogP contribution is 2.33. The largest absolute Gasteiger partial charge is 0.416 e. The molecule has 0 aromatic heterocycles.